The predicted octanol–water partition coefficient (Wildman–Crippen LogP) is 3.13. The van der Waals surface area contributed by atoms with Crippen molar-refractivity contribution in [3.8, 4) is 0 Å². The van der Waals surface area contributed by atoms with E-state index in [9.17, 15) is 9.18 Å². The van der Waals surface area contributed by atoms with E-state index in [1.807, 2.05) is 18.7 Å². The van der Waals surface area contributed by atoms with Crippen molar-refractivity contribution >= 4 is 46.8 Å². The summed E-state index contributed by atoms with van der Waals surface area (Å²) in [5.41, 5.74) is 1.59. The van der Waals surface area contributed by atoms with Crippen LogP contribution in [-0.2, 0) is 11.3 Å². The lowest BCUT2D eigenvalue weighted by molar-refractivity contribution is -0.130. The Morgan fingerprint density at radius 1 is 1.26 bits per heavy atom. The molecule has 0 atom stereocenters. The molecule has 0 unspecified atom stereocenters. The third-order valence-electron chi connectivity index (χ3n) is 4.73. The van der Waals surface area contributed by atoms with Gasteiger partial charge >= 0.3 is 0 Å². The average Bonchev–Trinajstić information content (AvgIpc) is 2.94. The van der Waals surface area contributed by atoms with Crippen LogP contribution >= 0.6 is 24.0 Å². The number of nitrogens with one attached hydrogen (secondary N) is 1. The smallest absolute Gasteiger partial charge is 0.219 e. The summed E-state index contributed by atoms with van der Waals surface area (Å²) >= 11 is 0. The summed E-state index contributed by atoms with van der Waals surface area (Å²) in [5, 5.41) is 4.09. The van der Waals surface area contributed by atoms with E-state index in [0.717, 1.165) is 42.3 Å². The van der Waals surface area contributed by atoms with Crippen molar-refractivity contribution in [2.45, 2.75) is 27.3 Å². The molecule has 1 saturated heterocycles. The number of hydrogen-bond donors (Lipinski definition) is 1. The third kappa shape index (κ3) is 4.91. The molecule has 0 spiro atoms. The number of amides is 1. The first-order chi connectivity index (χ1) is 12.5. The molecule has 2 heterocycles. The van der Waals surface area contributed by atoms with Gasteiger partial charge in [-0.2, -0.15) is 0 Å². The Morgan fingerprint density at radius 3 is 2.56 bits per heavy atom. The minimum Gasteiger partial charge on any atom is -0.459 e. The summed E-state index contributed by atoms with van der Waals surface area (Å²) in [7, 11) is 0. The zero-order chi connectivity index (χ0) is 18.7. The largest absolute Gasteiger partial charge is 0.459 e. The van der Waals surface area contributed by atoms with Crippen LogP contribution in [0.2, 0.25) is 0 Å². The molecule has 3 rings (SSSR count). The van der Waals surface area contributed by atoms with E-state index in [4.69, 9.17) is 9.41 Å². The molecular formula is C19H26FIN4O2. The lowest BCUT2D eigenvalue weighted by Crippen LogP contribution is -2.53. The van der Waals surface area contributed by atoms with E-state index in [0.29, 0.717) is 25.2 Å². The second kappa shape index (κ2) is 9.38. The van der Waals surface area contributed by atoms with Gasteiger partial charge in [0.1, 0.15) is 23.7 Å². The number of guanidine groups is 1. The highest BCUT2D eigenvalue weighted by Crippen LogP contribution is 2.26. The van der Waals surface area contributed by atoms with E-state index in [1.165, 1.54) is 12.1 Å². The van der Waals surface area contributed by atoms with Crippen LogP contribution in [-0.4, -0.2) is 54.4 Å². The number of fused-ring (bicyclic) bond motifs is 1. The number of hydrogen-bond acceptors (Lipinski definition) is 3. The van der Waals surface area contributed by atoms with Gasteiger partial charge < -0.3 is 19.5 Å². The third-order valence-corrected chi connectivity index (χ3v) is 4.73. The fraction of sp³-hybridized carbons (Fsp3) is 0.474. The molecule has 0 aliphatic carbocycles. The number of halogens is 2. The summed E-state index contributed by atoms with van der Waals surface area (Å²) in [6.07, 6.45) is 0. The van der Waals surface area contributed by atoms with Gasteiger partial charge in [-0.15, -0.1) is 24.0 Å². The van der Waals surface area contributed by atoms with Crippen LogP contribution in [0.3, 0.4) is 0 Å². The molecule has 1 aliphatic heterocycles. The lowest BCUT2D eigenvalue weighted by Gasteiger charge is -2.36. The van der Waals surface area contributed by atoms with Crippen molar-refractivity contribution in [2.75, 3.05) is 32.7 Å². The Hall–Kier alpha value is -1.84. The van der Waals surface area contributed by atoms with Crippen molar-refractivity contribution < 1.29 is 13.6 Å². The number of aryl methyl sites for hydroxylation is 1. The van der Waals surface area contributed by atoms with Gasteiger partial charge in [0.05, 0.1) is 0 Å². The van der Waals surface area contributed by atoms with Crippen molar-refractivity contribution in [2.24, 2.45) is 4.99 Å². The van der Waals surface area contributed by atoms with E-state index in [2.05, 4.69) is 10.2 Å². The Bertz CT molecular complexity index is 828. The van der Waals surface area contributed by atoms with E-state index >= 15 is 0 Å². The maximum Gasteiger partial charge on any atom is 0.219 e. The molecule has 0 radical (unpaired) electrons. The number of carbonyl (C=O) groups is 1. The van der Waals surface area contributed by atoms with Crippen molar-refractivity contribution in [3.63, 3.8) is 0 Å². The minimum absolute atomic E-state index is 0. The molecule has 27 heavy (non-hydrogen) atoms. The molecule has 1 amide bonds. The van der Waals surface area contributed by atoms with E-state index < -0.39 is 0 Å². The Morgan fingerprint density at radius 2 is 1.93 bits per heavy atom. The summed E-state index contributed by atoms with van der Waals surface area (Å²) in [6, 6.07) is 4.54. The molecule has 148 valence electrons. The summed E-state index contributed by atoms with van der Waals surface area (Å²) in [6.45, 7) is 9.58. The highest BCUT2D eigenvalue weighted by Gasteiger charge is 2.21. The predicted molar refractivity (Wildman–Crippen MR) is 115 cm³/mol. The molecule has 1 aromatic carbocycles. The second-order valence-corrected chi connectivity index (χ2v) is 6.45. The van der Waals surface area contributed by atoms with Crippen molar-refractivity contribution in [1.82, 2.24) is 15.1 Å². The SMILES string of the molecule is CCNC(=NCc1oc2ccc(F)cc2c1C)N1CCN(C(C)=O)CC1.I. The molecule has 0 saturated carbocycles. The first-order valence-electron chi connectivity index (χ1n) is 8.96. The number of nitrogens with zero attached hydrogens (tertiary/aromatic N) is 3. The highest BCUT2D eigenvalue weighted by molar-refractivity contribution is 14.0. The van der Waals surface area contributed by atoms with Gasteiger partial charge in [-0.1, -0.05) is 0 Å². The number of aliphatic imine (C=N–C) groups is 1. The minimum atomic E-state index is -0.270. The normalized spacial score (nSPS) is 15.0. The van der Waals surface area contributed by atoms with Gasteiger partial charge in [0, 0.05) is 50.6 Å². The molecular weight excluding hydrogens is 462 g/mol. The van der Waals surface area contributed by atoms with Crippen LogP contribution in [0, 0.1) is 12.7 Å². The van der Waals surface area contributed by atoms with Gasteiger partial charge in [0.15, 0.2) is 5.96 Å². The maximum atomic E-state index is 13.5. The second-order valence-electron chi connectivity index (χ2n) is 6.45. The number of carbonyl (C=O) groups excluding carboxylic acids is 1. The molecule has 1 aliphatic rings. The number of piperazine rings is 1. The van der Waals surface area contributed by atoms with Gasteiger partial charge in [0.25, 0.3) is 0 Å². The molecule has 1 aromatic heterocycles. The molecule has 0 bridgehead atoms. The average molecular weight is 488 g/mol. The fourth-order valence-corrected chi connectivity index (χ4v) is 3.20. The summed E-state index contributed by atoms with van der Waals surface area (Å²) in [4.78, 5) is 20.2. The van der Waals surface area contributed by atoms with Gasteiger partial charge in [-0.3, -0.25) is 4.79 Å². The maximum absolute atomic E-state index is 13.5. The van der Waals surface area contributed by atoms with Crippen LogP contribution in [0.5, 0.6) is 0 Å². The number of benzene rings is 1. The zero-order valence-corrected chi connectivity index (χ0v) is 18.2. The number of rotatable bonds is 3. The van der Waals surface area contributed by atoms with Crippen molar-refractivity contribution in [3.05, 3.63) is 35.3 Å². The topological polar surface area (TPSA) is 61.1 Å². The quantitative estimate of drug-likeness (QED) is 0.410. The standard InChI is InChI=1S/C19H25FN4O2.HI/c1-4-21-19(24-9-7-23(8-10-24)14(3)25)22-12-18-13(2)16-11-15(20)5-6-17(16)26-18;/h5-6,11H,4,7-10,12H2,1-3H3,(H,21,22);1H. The van der Waals surface area contributed by atoms with E-state index in [-0.39, 0.29) is 35.7 Å². The summed E-state index contributed by atoms with van der Waals surface area (Å²) in [5.74, 6) is 1.38. The van der Waals surface area contributed by atoms with Crippen LogP contribution in [0.15, 0.2) is 27.6 Å². The van der Waals surface area contributed by atoms with Gasteiger partial charge in [-0.25, -0.2) is 9.38 Å². The fourth-order valence-electron chi connectivity index (χ4n) is 3.20. The monoisotopic (exact) mass is 488 g/mol. The lowest BCUT2D eigenvalue weighted by atomic mass is 10.1. The zero-order valence-electron chi connectivity index (χ0n) is 15.9. The van der Waals surface area contributed by atoms with Crippen LogP contribution in [0.25, 0.3) is 11.0 Å². The molecule has 8 heteroatoms. The Balaban J connectivity index is 0.00000261. The van der Waals surface area contributed by atoms with E-state index in [1.54, 1.807) is 13.0 Å². The molecule has 2 aromatic rings. The van der Waals surface area contributed by atoms with Gasteiger partial charge in [0.2, 0.25) is 5.91 Å². The van der Waals surface area contributed by atoms with Crippen LogP contribution in [0.1, 0.15) is 25.2 Å². The first kappa shape index (κ1) is 21.5. The number of furan rings is 1. The van der Waals surface area contributed by atoms with Crippen LogP contribution < -0.4 is 5.32 Å². The molecule has 1 N–H and O–H groups in total. The molecule has 6 nitrogen and oxygen atoms in total. The van der Waals surface area contributed by atoms with Crippen LogP contribution in [0.4, 0.5) is 4.39 Å². The van der Waals surface area contributed by atoms with Crippen molar-refractivity contribution in [1.29, 1.82) is 0 Å². The van der Waals surface area contributed by atoms with Gasteiger partial charge in [-0.05, 0) is 32.0 Å². The molecule has 1 fully saturated rings. The summed E-state index contributed by atoms with van der Waals surface area (Å²) < 4.78 is 19.3. The Kier molecular flexibility index (Phi) is 7.46. The first-order valence-corrected chi connectivity index (χ1v) is 8.96. The highest BCUT2D eigenvalue weighted by atomic mass is 127. The Labute approximate surface area is 175 Å².